The molecule has 1 aliphatic rings. The van der Waals surface area contributed by atoms with Gasteiger partial charge in [0.25, 0.3) is 5.91 Å². The highest BCUT2D eigenvalue weighted by Gasteiger charge is 2.23. The minimum Gasteiger partial charge on any atom is -0.490 e. The number of carbonyl (C=O) groups excluding carboxylic acids is 1. The summed E-state index contributed by atoms with van der Waals surface area (Å²) in [6.07, 6.45) is 0.200. The van der Waals surface area contributed by atoms with E-state index < -0.39 is 0 Å². The average Bonchev–Trinajstić information content (AvgIpc) is 3.31. The van der Waals surface area contributed by atoms with Crippen molar-refractivity contribution in [3.05, 3.63) is 59.7 Å². The van der Waals surface area contributed by atoms with Crippen LogP contribution in [0.2, 0.25) is 0 Å². The molecule has 1 amide bonds. The van der Waals surface area contributed by atoms with E-state index in [1.807, 2.05) is 49.4 Å². The molecule has 0 spiro atoms. The normalized spacial score (nSPS) is 16.3. The molecule has 1 saturated heterocycles. The first kappa shape index (κ1) is 13.6. The summed E-state index contributed by atoms with van der Waals surface area (Å²) in [5.74, 6) is 0.595. The molecular weight excluding hydrogens is 266 g/mol. The van der Waals surface area contributed by atoms with Crippen LogP contribution in [0.25, 0.3) is 0 Å². The van der Waals surface area contributed by atoms with E-state index in [1.54, 1.807) is 6.07 Å². The maximum Gasteiger partial charge on any atom is 0.256 e. The summed E-state index contributed by atoms with van der Waals surface area (Å²) in [7, 11) is 0. The van der Waals surface area contributed by atoms with Crippen molar-refractivity contribution in [3.63, 3.8) is 0 Å². The Labute approximate surface area is 123 Å². The number of hydrogen-bond donors (Lipinski definition) is 1. The summed E-state index contributed by atoms with van der Waals surface area (Å²) >= 11 is 0. The fraction of sp³-hybridized carbons (Fsp3) is 0.235. The Kier molecular flexibility index (Phi) is 3.88. The second kappa shape index (κ2) is 5.97. The van der Waals surface area contributed by atoms with Gasteiger partial charge in [0.2, 0.25) is 0 Å². The van der Waals surface area contributed by atoms with E-state index in [2.05, 4.69) is 5.32 Å². The van der Waals surface area contributed by atoms with Crippen molar-refractivity contribution in [2.75, 3.05) is 18.5 Å². The van der Waals surface area contributed by atoms with Crippen LogP contribution >= 0.6 is 0 Å². The van der Waals surface area contributed by atoms with Crippen LogP contribution in [0.4, 0.5) is 5.69 Å². The average molecular weight is 283 g/mol. The maximum atomic E-state index is 12.3. The van der Waals surface area contributed by atoms with Crippen LogP contribution in [-0.2, 0) is 4.74 Å². The van der Waals surface area contributed by atoms with E-state index in [4.69, 9.17) is 9.47 Å². The van der Waals surface area contributed by atoms with Crippen molar-refractivity contribution in [1.82, 2.24) is 0 Å². The fourth-order valence-corrected chi connectivity index (χ4v) is 2.08. The number of epoxide rings is 1. The van der Waals surface area contributed by atoms with Crippen molar-refractivity contribution in [2.45, 2.75) is 13.0 Å². The van der Waals surface area contributed by atoms with Crippen LogP contribution in [-0.4, -0.2) is 25.2 Å². The van der Waals surface area contributed by atoms with Gasteiger partial charge in [-0.25, -0.2) is 0 Å². The topological polar surface area (TPSA) is 50.9 Å². The molecule has 2 aromatic rings. The van der Waals surface area contributed by atoms with Gasteiger partial charge in [-0.3, -0.25) is 4.79 Å². The monoisotopic (exact) mass is 283 g/mol. The third kappa shape index (κ3) is 3.41. The lowest BCUT2D eigenvalue weighted by Crippen LogP contribution is -2.14. The van der Waals surface area contributed by atoms with Crippen molar-refractivity contribution < 1.29 is 14.3 Å². The highest BCUT2D eigenvalue weighted by atomic mass is 16.6. The number of carbonyl (C=O) groups is 1. The largest absolute Gasteiger partial charge is 0.490 e. The van der Waals surface area contributed by atoms with Crippen molar-refractivity contribution >= 4 is 11.6 Å². The van der Waals surface area contributed by atoms with E-state index in [1.165, 1.54) is 0 Å². The number of anilines is 1. The zero-order valence-electron chi connectivity index (χ0n) is 11.8. The number of amides is 1. The van der Waals surface area contributed by atoms with Gasteiger partial charge in [-0.05, 0) is 31.2 Å². The van der Waals surface area contributed by atoms with Gasteiger partial charge in [-0.2, -0.15) is 0 Å². The van der Waals surface area contributed by atoms with Crippen molar-refractivity contribution in [3.8, 4) is 5.75 Å². The molecule has 1 heterocycles. The van der Waals surface area contributed by atoms with E-state index in [9.17, 15) is 4.79 Å². The zero-order chi connectivity index (χ0) is 14.7. The molecule has 21 heavy (non-hydrogen) atoms. The Morgan fingerprint density at radius 2 is 2.00 bits per heavy atom. The highest BCUT2D eigenvalue weighted by Crippen LogP contribution is 2.23. The van der Waals surface area contributed by atoms with Gasteiger partial charge < -0.3 is 14.8 Å². The Bertz CT molecular complexity index is 636. The lowest BCUT2D eigenvalue weighted by atomic mass is 10.1. The van der Waals surface area contributed by atoms with Gasteiger partial charge in [0.15, 0.2) is 0 Å². The predicted molar refractivity (Wildman–Crippen MR) is 80.8 cm³/mol. The van der Waals surface area contributed by atoms with Gasteiger partial charge in [-0.15, -0.1) is 0 Å². The smallest absolute Gasteiger partial charge is 0.256 e. The van der Waals surface area contributed by atoms with Gasteiger partial charge >= 0.3 is 0 Å². The molecule has 3 rings (SSSR count). The molecule has 0 radical (unpaired) electrons. The minimum atomic E-state index is -0.133. The van der Waals surface area contributed by atoms with E-state index >= 15 is 0 Å². The van der Waals surface area contributed by atoms with Gasteiger partial charge in [-0.1, -0.05) is 24.3 Å². The molecule has 1 atom stereocenters. The predicted octanol–water partition coefficient (Wildman–Crippen LogP) is 3.02. The molecule has 4 nitrogen and oxygen atoms in total. The van der Waals surface area contributed by atoms with Gasteiger partial charge in [0.1, 0.15) is 18.5 Å². The zero-order valence-corrected chi connectivity index (χ0v) is 11.8. The first-order valence-corrected chi connectivity index (χ1v) is 6.94. The molecule has 1 unspecified atom stereocenters. The molecule has 1 aliphatic heterocycles. The third-order valence-electron chi connectivity index (χ3n) is 3.39. The highest BCUT2D eigenvalue weighted by molar-refractivity contribution is 6.05. The van der Waals surface area contributed by atoms with Gasteiger partial charge in [0.05, 0.1) is 6.61 Å². The molecule has 0 saturated carbocycles. The summed E-state index contributed by atoms with van der Waals surface area (Å²) < 4.78 is 10.8. The fourth-order valence-electron chi connectivity index (χ4n) is 2.08. The Hall–Kier alpha value is -2.33. The Morgan fingerprint density at radius 1 is 1.24 bits per heavy atom. The summed E-state index contributed by atoms with van der Waals surface area (Å²) in [6, 6.07) is 14.9. The van der Waals surface area contributed by atoms with Gasteiger partial charge in [0, 0.05) is 16.8 Å². The number of nitrogens with one attached hydrogen (secondary N) is 1. The number of ether oxygens (including phenoxy) is 2. The van der Waals surface area contributed by atoms with Crippen LogP contribution in [0.3, 0.4) is 0 Å². The van der Waals surface area contributed by atoms with E-state index in [0.29, 0.717) is 12.2 Å². The number of benzene rings is 2. The lowest BCUT2D eigenvalue weighted by Gasteiger charge is -2.12. The number of hydrogen-bond acceptors (Lipinski definition) is 3. The summed E-state index contributed by atoms with van der Waals surface area (Å²) in [5.41, 5.74) is 2.24. The first-order chi connectivity index (χ1) is 10.2. The minimum absolute atomic E-state index is 0.133. The van der Waals surface area contributed by atoms with Crippen LogP contribution in [0.1, 0.15) is 15.9 Å². The molecule has 0 aliphatic carbocycles. The molecule has 0 aromatic heterocycles. The third-order valence-corrected chi connectivity index (χ3v) is 3.39. The Balaban J connectivity index is 1.74. The summed E-state index contributed by atoms with van der Waals surface area (Å²) in [5, 5.41) is 2.88. The quantitative estimate of drug-likeness (QED) is 0.858. The maximum absolute atomic E-state index is 12.3. The molecule has 108 valence electrons. The molecule has 0 bridgehead atoms. The second-order valence-electron chi connectivity index (χ2n) is 5.02. The number of para-hydroxylation sites is 1. The standard InChI is InChI=1S/C17H17NO3/c1-12-15(17(19)18-13-6-3-2-4-7-13)8-5-9-16(12)21-11-14-10-20-14/h2-9,14H,10-11H2,1H3,(H,18,19). The SMILES string of the molecule is Cc1c(OCC2CO2)cccc1C(=O)Nc1ccccc1. The summed E-state index contributed by atoms with van der Waals surface area (Å²) in [4.78, 5) is 12.3. The molecular formula is C17H17NO3. The van der Waals surface area contributed by atoms with E-state index in [0.717, 1.165) is 23.6 Å². The van der Waals surface area contributed by atoms with Crippen LogP contribution in [0.15, 0.2) is 48.5 Å². The second-order valence-corrected chi connectivity index (χ2v) is 5.02. The van der Waals surface area contributed by atoms with Crippen molar-refractivity contribution in [2.24, 2.45) is 0 Å². The number of rotatable bonds is 5. The molecule has 4 heteroatoms. The van der Waals surface area contributed by atoms with Crippen LogP contribution in [0, 0.1) is 6.92 Å². The molecule has 1 N–H and O–H groups in total. The van der Waals surface area contributed by atoms with Crippen LogP contribution < -0.4 is 10.1 Å². The van der Waals surface area contributed by atoms with Crippen LogP contribution in [0.5, 0.6) is 5.75 Å². The Morgan fingerprint density at radius 3 is 2.71 bits per heavy atom. The summed E-state index contributed by atoms with van der Waals surface area (Å²) in [6.45, 7) is 3.18. The lowest BCUT2D eigenvalue weighted by molar-refractivity contribution is 0.102. The van der Waals surface area contributed by atoms with E-state index in [-0.39, 0.29) is 12.0 Å². The van der Waals surface area contributed by atoms with Crippen molar-refractivity contribution in [1.29, 1.82) is 0 Å². The molecule has 2 aromatic carbocycles. The molecule has 1 fully saturated rings. The first-order valence-electron chi connectivity index (χ1n) is 6.94.